The zero-order valence-electron chi connectivity index (χ0n) is 10.1. The summed E-state index contributed by atoms with van der Waals surface area (Å²) in [6, 6.07) is 5.44. The van der Waals surface area contributed by atoms with Crippen LogP contribution in [0.5, 0.6) is 0 Å². The lowest BCUT2D eigenvalue weighted by Gasteiger charge is -2.18. The average molecular weight is 233 g/mol. The Hall–Kier alpha value is -2.04. The van der Waals surface area contributed by atoms with Crippen LogP contribution in [0.25, 0.3) is 5.65 Å². The van der Waals surface area contributed by atoms with Crippen LogP contribution >= 0.6 is 0 Å². The van der Waals surface area contributed by atoms with Gasteiger partial charge in [-0.05, 0) is 32.9 Å². The highest BCUT2D eigenvalue weighted by Crippen LogP contribution is 2.18. The topological polar surface area (TPSA) is 69.6 Å². The van der Waals surface area contributed by atoms with Gasteiger partial charge >= 0.3 is 5.97 Å². The number of nitrogens with zero attached hydrogens (tertiary/aromatic N) is 2. The van der Waals surface area contributed by atoms with Crippen LogP contribution in [-0.2, 0) is 4.74 Å². The summed E-state index contributed by atoms with van der Waals surface area (Å²) in [5.41, 5.74) is 6.09. The lowest BCUT2D eigenvalue weighted by Crippen LogP contribution is -2.24. The van der Waals surface area contributed by atoms with Crippen LogP contribution < -0.4 is 5.73 Å². The maximum atomic E-state index is 11.9. The highest BCUT2D eigenvalue weighted by atomic mass is 16.6. The molecule has 2 N–H and O–H groups in total. The Balaban J connectivity index is 2.43. The summed E-state index contributed by atoms with van der Waals surface area (Å²) >= 11 is 0. The molecule has 5 heteroatoms. The van der Waals surface area contributed by atoms with Gasteiger partial charge in [-0.3, -0.25) is 4.40 Å². The van der Waals surface area contributed by atoms with Crippen molar-refractivity contribution in [3.05, 3.63) is 30.1 Å². The third-order valence-corrected chi connectivity index (χ3v) is 2.16. The molecule has 0 aliphatic heterocycles. The van der Waals surface area contributed by atoms with E-state index in [-0.39, 0.29) is 5.69 Å². The SMILES string of the molecule is CC(C)(C)OC(=O)c1nc2ccccn2c1N. The lowest BCUT2D eigenvalue weighted by molar-refractivity contribution is 0.00650. The van der Waals surface area contributed by atoms with Crippen molar-refractivity contribution in [2.24, 2.45) is 0 Å². The molecule has 2 aromatic rings. The van der Waals surface area contributed by atoms with E-state index in [4.69, 9.17) is 10.5 Å². The molecule has 2 rings (SSSR count). The molecule has 17 heavy (non-hydrogen) atoms. The third kappa shape index (κ3) is 2.22. The summed E-state index contributed by atoms with van der Waals surface area (Å²) < 4.78 is 6.89. The van der Waals surface area contributed by atoms with Crippen molar-refractivity contribution in [1.29, 1.82) is 0 Å². The van der Waals surface area contributed by atoms with Crippen LogP contribution in [0.4, 0.5) is 5.82 Å². The molecular formula is C12H15N3O2. The summed E-state index contributed by atoms with van der Waals surface area (Å²) in [4.78, 5) is 16.0. The van der Waals surface area contributed by atoms with Gasteiger partial charge in [0.15, 0.2) is 5.69 Å². The quantitative estimate of drug-likeness (QED) is 0.763. The maximum Gasteiger partial charge on any atom is 0.361 e. The number of fused-ring (bicyclic) bond motifs is 1. The first kappa shape index (κ1) is 11.4. The molecule has 2 aromatic heterocycles. The minimum Gasteiger partial charge on any atom is -0.455 e. The van der Waals surface area contributed by atoms with Gasteiger partial charge in [0.2, 0.25) is 0 Å². The average Bonchev–Trinajstić information content (AvgIpc) is 2.55. The number of nitrogen functional groups attached to an aromatic ring is 1. The first-order chi connectivity index (χ1) is 7.88. The van der Waals surface area contributed by atoms with Gasteiger partial charge in [-0.1, -0.05) is 6.07 Å². The minimum atomic E-state index is -0.556. The predicted molar refractivity (Wildman–Crippen MR) is 64.8 cm³/mol. The van der Waals surface area contributed by atoms with Crippen LogP contribution in [0, 0.1) is 0 Å². The molecule has 0 saturated carbocycles. The van der Waals surface area contributed by atoms with Crippen LogP contribution in [0.2, 0.25) is 0 Å². The Morgan fingerprint density at radius 2 is 2.12 bits per heavy atom. The molecule has 0 saturated heterocycles. The Morgan fingerprint density at radius 3 is 2.71 bits per heavy atom. The summed E-state index contributed by atoms with van der Waals surface area (Å²) in [6.07, 6.45) is 1.76. The van der Waals surface area contributed by atoms with Gasteiger partial charge in [-0.25, -0.2) is 9.78 Å². The number of hydrogen-bond acceptors (Lipinski definition) is 4. The smallest absolute Gasteiger partial charge is 0.361 e. The van der Waals surface area contributed by atoms with Gasteiger partial charge in [-0.15, -0.1) is 0 Å². The maximum absolute atomic E-state index is 11.9. The summed E-state index contributed by atoms with van der Waals surface area (Å²) in [6.45, 7) is 5.41. The van der Waals surface area contributed by atoms with E-state index in [1.165, 1.54) is 0 Å². The molecule has 0 amide bonds. The number of imidazole rings is 1. The zero-order valence-corrected chi connectivity index (χ0v) is 10.1. The van der Waals surface area contributed by atoms with E-state index in [1.54, 1.807) is 37.4 Å². The molecule has 0 radical (unpaired) electrons. The molecular weight excluding hydrogens is 218 g/mol. The first-order valence-electron chi connectivity index (χ1n) is 5.34. The number of aromatic nitrogens is 2. The number of anilines is 1. The molecule has 0 spiro atoms. The normalized spacial score (nSPS) is 11.7. The largest absolute Gasteiger partial charge is 0.455 e. The van der Waals surface area contributed by atoms with E-state index < -0.39 is 11.6 Å². The highest BCUT2D eigenvalue weighted by Gasteiger charge is 2.23. The second-order valence-electron chi connectivity index (χ2n) is 4.78. The predicted octanol–water partition coefficient (Wildman–Crippen LogP) is 1.87. The summed E-state index contributed by atoms with van der Waals surface area (Å²) in [5, 5.41) is 0. The van der Waals surface area contributed by atoms with Crippen molar-refractivity contribution in [3.8, 4) is 0 Å². The van der Waals surface area contributed by atoms with Crippen molar-refractivity contribution in [2.75, 3.05) is 5.73 Å². The number of pyridine rings is 1. The van der Waals surface area contributed by atoms with Gasteiger partial charge in [0.1, 0.15) is 17.1 Å². The zero-order chi connectivity index (χ0) is 12.6. The van der Waals surface area contributed by atoms with Gasteiger partial charge < -0.3 is 10.5 Å². The lowest BCUT2D eigenvalue weighted by atomic mass is 10.2. The van der Waals surface area contributed by atoms with E-state index in [9.17, 15) is 4.79 Å². The summed E-state index contributed by atoms with van der Waals surface area (Å²) in [5.74, 6) is -0.200. The fourth-order valence-corrected chi connectivity index (χ4v) is 1.49. The molecule has 5 nitrogen and oxygen atoms in total. The van der Waals surface area contributed by atoms with Gasteiger partial charge in [0.25, 0.3) is 0 Å². The van der Waals surface area contributed by atoms with E-state index in [0.29, 0.717) is 11.5 Å². The van der Waals surface area contributed by atoms with Crippen molar-refractivity contribution >= 4 is 17.4 Å². The Morgan fingerprint density at radius 1 is 1.41 bits per heavy atom. The van der Waals surface area contributed by atoms with Crippen LogP contribution in [0.1, 0.15) is 31.3 Å². The monoisotopic (exact) mass is 233 g/mol. The second-order valence-corrected chi connectivity index (χ2v) is 4.78. The number of carbonyl (C=O) groups is 1. The fraction of sp³-hybridized carbons (Fsp3) is 0.333. The van der Waals surface area contributed by atoms with Crippen molar-refractivity contribution in [3.63, 3.8) is 0 Å². The number of rotatable bonds is 1. The molecule has 0 unspecified atom stereocenters. The standard InChI is InChI=1S/C12H15N3O2/c1-12(2,3)17-11(16)9-10(13)15-7-5-4-6-8(15)14-9/h4-7H,13H2,1-3H3. The van der Waals surface area contributed by atoms with Crippen molar-refractivity contribution in [2.45, 2.75) is 26.4 Å². The number of esters is 1. The molecule has 0 aliphatic carbocycles. The molecule has 0 aromatic carbocycles. The van der Waals surface area contributed by atoms with Crippen LogP contribution in [0.15, 0.2) is 24.4 Å². The van der Waals surface area contributed by atoms with E-state index in [2.05, 4.69) is 4.98 Å². The first-order valence-corrected chi connectivity index (χ1v) is 5.34. The van der Waals surface area contributed by atoms with E-state index >= 15 is 0 Å². The number of nitrogens with two attached hydrogens (primary N) is 1. The Bertz CT molecular complexity index is 567. The number of ether oxygens (including phenoxy) is 1. The number of hydrogen-bond donors (Lipinski definition) is 1. The van der Waals surface area contributed by atoms with Crippen LogP contribution in [-0.4, -0.2) is 21.0 Å². The number of carbonyl (C=O) groups excluding carboxylic acids is 1. The molecule has 0 atom stereocenters. The van der Waals surface area contributed by atoms with Gasteiger partial charge in [-0.2, -0.15) is 0 Å². The van der Waals surface area contributed by atoms with Crippen molar-refractivity contribution < 1.29 is 9.53 Å². The second kappa shape index (κ2) is 3.76. The van der Waals surface area contributed by atoms with E-state index in [0.717, 1.165) is 0 Å². The molecule has 0 fully saturated rings. The molecule has 2 heterocycles. The van der Waals surface area contributed by atoms with E-state index in [1.807, 2.05) is 12.1 Å². The van der Waals surface area contributed by atoms with Gasteiger partial charge in [0, 0.05) is 6.20 Å². The molecule has 0 aliphatic rings. The third-order valence-electron chi connectivity index (χ3n) is 2.16. The Kier molecular flexibility index (Phi) is 2.53. The molecule has 0 bridgehead atoms. The minimum absolute atomic E-state index is 0.158. The van der Waals surface area contributed by atoms with Gasteiger partial charge in [0.05, 0.1) is 0 Å². The Labute approximate surface area is 99.2 Å². The fourth-order valence-electron chi connectivity index (χ4n) is 1.49. The highest BCUT2D eigenvalue weighted by molar-refractivity contribution is 5.93. The molecule has 90 valence electrons. The summed E-state index contributed by atoms with van der Waals surface area (Å²) in [7, 11) is 0. The van der Waals surface area contributed by atoms with Crippen LogP contribution in [0.3, 0.4) is 0 Å². The van der Waals surface area contributed by atoms with Crippen molar-refractivity contribution in [1.82, 2.24) is 9.38 Å².